The number of rotatable bonds is 7. The minimum atomic E-state index is -0.430. The molecule has 1 amide bonds. The van der Waals surface area contributed by atoms with Crippen LogP contribution in [0.15, 0.2) is 85.6 Å². The summed E-state index contributed by atoms with van der Waals surface area (Å²) in [5.41, 5.74) is 4.57. The zero-order valence-electron chi connectivity index (χ0n) is 18.2. The molecule has 0 aliphatic carbocycles. The summed E-state index contributed by atoms with van der Waals surface area (Å²) in [7, 11) is 0. The summed E-state index contributed by atoms with van der Waals surface area (Å²) in [4.78, 5) is 24.8. The lowest BCUT2D eigenvalue weighted by Crippen LogP contribution is -2.25. The third kappa shape index (κ3) is 4.14. The van der Waals surface area contributed by atoms with Crippen LogP contribution in [-0.4, -0.2) is 30.6 Å². The predicted octanol–water partition coefficient (Wildman–Crippen LogP) is 4.25. The van der Waals surface area contributed by atoms with Crippen LogP contribution in [0.4, 0.5) is 0 Å². The Bertz CT molecular complexity index is 1480. The SMILES string of the molecule is N#CCC(c1ccccc1C(=O)NCc1ccccc1)n1cc(-c2ncnc3[nH]ccc23)cn1. The Hall–Kier alpha value is -4.77. The van der Waals surface area contributed by atoms with Gasteiger partial charge in [-0.15, -0.1) is 0 Å². The number of nitriles is 1. The van der Waals surface area contributed by atoms with Gasteiger partial charge < -0.3 is 10.3 Å². The van der Waals surface area contributed by atoms with Gasteiger partial charge in [0.1, 0.15) is 12.0 Å². The summed E-state index contributed by atoms with van der Waals surface area (Å²) in [6, 6.07) is 20.8. The van der Waals surface area contributed by atoms with Gasteiger partial charge in [-0.1, -0.05) is 48.5 Å². The van der Waals surface area contributed by atoms with Crippen molar-refractivity contribution < 1.29 is 4.79 Å². The molecule has 1 atom stereocenters. The Morgan fingerprint density at radius 1 is 1.09 bits per heavy atom. The Morgan fingerprint density at radius 2 is 1.91 bits per heavy atom. The van der Waals surface area contributed by atoms with Crippen molar-refractivity contribution in [3.05, 3.63) is 102 Å². The third-order valence-electron chi connectivity index (χ3n) is 5.69. The Kier molecular flexibility index (Phi) is 5.82. The molecule has 5 aromatic rings. The number of carbonyl (C=O) groups is 1. The van der Waals surface area contributed by atoms with E-state index in [2.05, 4.69) is 31.4 Å². The number of hydrogen-bond acceptors (Lipinski definition) is 5. The van der Waals surface area contributed by atoms with Crippen LogP contribution in [0.5, 0.6) is 0 Å². The molecule has 0 bridgehead atoms. The highest BCUT2D eigenvalue weighted by Crippen LogP contribution is 2.29. The average Bonchev–Trinajstić information content (AvgIpc) is 3.56. The lowest BCUT2D eigenvalue weighted by Gasteiger charge is -2.18. The average molecular weight is 448 g/mol. The third-order valence-corrected chi connectivity index (χ3v) is 5.69. The lowest BCUT2D eigenvalue weighted by atomic mass is 9.97. The van der Waals surface area contributed by atoms with Crippen LogP contribution < -0.4 is 5.32 Å². The van der Waals surface area contributed by atoms with Crippen molar-refractivity contribution in [1.82, 2.24) is 30.0 Å². The lowest BCUT2D eigenvalue weighted by molar-refractivity contribution is 0.0949. The van der Waals surface area contributed by atoms with E-state index in [1.54, 1.807) is 16.9 Å². The first-order valence-corrected chi connectivity index (χ1v) is 10.8. The highest BCUT2D eigenvalue weighted by atomic mass is 16.1. The van der Waals surface area contributed by atoms with E-state index in [1.165, 1.54) is 6.33 Å². The fourth-order valence-corrected chi connectivity index (χ4v) is 4.03. The first-order valence-electron chi connectivity index (χ1n) is 10.8. The van der Waals surface area contributed by atoms with Crippen molar-refractivity contribution in [2.45, 2.75) is 19.0 Å². The van der Waals surface area contributed by atoms with E-state index in [-0.39, 0.29) is 12.3 Å². The van der Waals surface area contributed by atoms with Crippen LogP contribution >= 0.6 is 0 Å². The van der Waals surface area contributed by atoms with Gasteiger partial charge in [0.15, 0.2) is 0 Å². The maximum atomic E-state index is 13.1. The molecule has 0 saturated heterocycles. The van der Waals surface area contributed by atoms with Gasteiger partial charge in [-0.2, -0.15) is 10.4 Å². The standard InChI is InChI=1S/C26H21N7O/c27-12-10-23(33-16-19(15-32-33)24-22-11-13-28-25(22)31-17-30-24)20-8-4-5-9-21(20)26(34)29-14-18-6-2-1-3-7-18/h1-9,11,13,15-17,23H,10,14H2,(H,29,34)(H,28,30,31). The van der Waals surface area contributed by atoms with E-state index < -0.39 is 6.04 Å². The monoisotopic (exact) mass is 447 g/mol. The minimum Gasteiger partial charge on any atom is -0.348 e. The molecule has 0 saturated carbocycles. The molecule has 0 aliphatic heterocycles. The first kappa shape index (κ1) is 21.1. The van der Waals surface area contributed by atoms with Crippen LogP contribution in [0.2, 0.25) is 0 Å². The van der Waals surface area contributed by atoms with Gasteiger partial charge in [-0.25, -0.2) is 9.97 Å². The maximum Gasteiger partial charge on any atom is 0.251 e. The van der Waals surface area contributed by atoms with Gasteiger partial charge >= 0.3 is 0 Å². The Morgan fingerprint density at radius 3 is 2.76 bits per heavy atom. The van der Waals surface area contributed by atoms with E-state index in [4.69, 9.17) is 0 Å². The quantitative estimate of drug-likeness (QED) is 0.387. The van der Waals surface area contributed by atoms with Crippen LogP contribution in [-0.2, 0) is 6.54 Å². The van der Waals surface area contributed by atoms with Crippen molar-refractivity contribution in [1.29, 1.82) is 5.26 Å². The molecule has 2 N–H and O–H groups in total. The van der Waals surface area contributed by atoms with E-state index in [0.717, 1.165) is 33.4 Å². The van der Waals surface area contributed by atoms with Crippen molar-refractivity contribution in [3.8, 4) is 17.3 Å². The summed E-state index contributed by atoms with van der Waals surface area (Å²) in [6.45, 7) is 0.420. The van der Waals surface area contributed by atoms with Crippen molar-refractivity contribution in [2.75, 3.05) is 0 Å². The number of nitrogens with one attached hydrogen (secondary N) is 2. The fourth-order valence-electron chi connectivity index (χ4n) is 4.03. The second kappa shape index (κ2) is 9.38. The molecule has 0 spiro atoms. The number of carbonyl (C=O) groups excluding carboxylic acids is 1. The highest BCUT2D eigenvalue weighted by molar-refractivity contribution is 5.96. The van der Waals surface area contributed by atoms with E-state index in [0.29, 0.717) is 12.1 Å². The second-order valence-electron chi connectivity index (χ2n) is 7.80. The van der Waals surface area contributed by atoms with Gasteiger partial charge in [-0.05, 0) is 23.3 Å². The zero-order chi connectivity index (χ0) is 23.3. The van der Waals surface area contributed by atoms with Crippen LogP contribution in [0, 0.1) is 11.3 Å². The summed E-state index contributed by atoms with van der Waals surface area (Å²) < 4.78 is 1.72. The highest BCUT2D eigenvalue weighted by Gasteiger charge is 2.22. The van der Waals surface area contributed by atoms with Gasteiger partial charge in [-0.3, -0.25) is 9.48 Å². The van der Waals surface area contributed by atoms with Crippen molar-refractivity contribution in [3.63, 3.8) is 0 Å². The van der Waals surface area contributed by atoms with Gasteiger partial charge in [0, 0.05) is 35.5 Å². The zero-order valence-corrected chi connectivity index (χ0v) is 18.2. The summed E-state index contributed by atoms with van der Waals surface area (Å²) >= 11 is 0. The maximum absolute atomic E-state index is 13.1. The van der Waals surface area contributed by atoms with Crippen molar-refractivity contribution in [2.24, 2.45) is 0 Å². The van der Waals surface area contributed by atoms with E-state index >= 15 is 0 Å². The molecule has 8 nitrogen and oxygen atoms in total. The number of fused-ring (bicyclic) bond motifs is 1. The molecule has 0 aliphatic rings. The number of nitrogens with zero attached hydrogens (tertiary/aromatic N) is 5. The summed E-state index contributed by atoms with van der Waals surface area (Å²) in [6.07, 6.45) is 7.06. The number of hydrogen-bond donors (Lipinski definition) is 2. The van der Waals surface area contributed by atoms with Gasteiger partial charge in [0.05, 0.1) is 30.4 Å². The summed E-state index contributed by atoms with van der Waals surface area (Å²) in [5, 5.41) is 18.0. The van der Waals surface area contributed by atoms with Gasteiger partial charge in [0.25, 0.3) is 5.91 Å². The number of amides is 1. The fraction of sp³-hybridized carbons (Fsp3) is 0.115. The minimum absolute atomic E-state index is 0.160. The number of aromatic amines is 1. The number of H-pyrrole nitrogens is 1. The van der Waals surface area contributed by atoms with E-state index in [1.807, 2.05) is 67.0 Å². The molecule has 2 aromatic carbocycles. The first-order chi connectivity index (χ1) is 16.7. The molecule has 0 fully saturated rings. The smallest absolute Gasteiger partial charge is 0.251 e. The molecule has 0 radical (unpaired) electrons. The Balaban J connectivity index is 1.46. The molecule has 8 heteroatoms. The molecule has 34 heavy (non-hydrogen) atoms. The van der Waals surface area contributed by atoms with E-state index in [9.17, 15) is 10.1 Å². The second-order valence-corrected chi connectivity index (χ2v) is 7.80. The van der Waals surface area contributed by atoms with Gasteiger partial charge in [0.2, 0.25) is 0 Å². The molecule has 166 valence electrons. The number of aromatic nitrogens is 5. The summed E-state index contributed by atoms with van der Waals surface area (Å²) in [5.74, 6) is -0.195. The topological polar surface area (TPSA) is 112 Å². The van der Waals surface area contributed by atoms with Crippen LogP contribution in [0.1, 0.15) is 33.9 Å². The molecule has 1 unspecified atom stereocenters. The van der Waals surface area contributed by atoms with Crippen LogP contribution in [0.25, 0.3) is 22.3 Å². The molecular weight excluding hydrogens is 426 g/mol. The molecule has 3 heterocycles. The normalized spacial score (nSPS) is 11.7. The number of benzene rings is 2. The van der Waals surface area contributed by atoms with Crippen molar-refractivity contribution >= 4 is 16.9 Å². The molecular formula is C26H21N7O. The molecule has 5 rings (SSSR count). The van der Waals surface area contributed by atoms with Crippen LogP contribution in [0.3, 0.4) is 0 Å². The Labute approximate surface area is 195 Å². The largest absolute Gasteiger partial charge is 0.348 e. The predicted molar refractivity (Wildman–Crippen MR) is 128 cm³/mol. The molecule has 3 aromatic heterocycles.